The van der Waals surface area contributed by atoms with E-state index >= 15 is 0 Å². The van der Waals surface area contributed by atoms with Crippen molar-refractivity contribution in [2.45, 2.75) is 6.04 Å². The van der Waals surface area contributed by atoms with Gasteiger partial charge in [-0.1, -0.05) is 0 Å². The number of rotatable bonds is 1. The van der Waals surface area contributed by atoms with Gasteiger partial charge < -0.3 is 20.7 Å². The molecule has 0 aromatic rings. The third kappa shape index (κ3) is 3.04. The third-order valence-electron chi connectivity index (χ3n) is 1.97. The summed E-state index contributed by atoms with van der Waals surface area (Å²) in [6, 6.07) is -0.957. The molecule has 3 N–H and O–H groups in total. The van der Waals surface area contributed by atoms with Crippen LogP contribution in [-0.4, -0.2) is 49.7 Å². The molecule has 1 saturated heterocycles. The normalized spacial score (nSPS) is 20.9. The second-order valence-corrected chi connectivity index (χ2v) is 2.81. The zero-order valence-electron chi connectivity index (χ0n) is 7.86. The van der Waals surface area contributed by atoms with Gasteiger partial charge in [0, 0.05) is 19.6 Å². The summed E-state index contributed by atoms with van der Waals surface area (Å²) in [4.78, 5) is 23.3. The van der Waals surface area contributed by atoms with Crippen molar-refractivity contribution in [3.8, 4) is 0 Å². The van der Waals surface area contributed by atoms with E-state index < -0.39 is 12.1 Å². The van der Waals surface area contributed by atoms with Crippen LogP contribution in [0, 0.1) is 0 Å². The molecular weight excluding hydrogens is 210 g/mol. The van der Waals surface area contributed by atoms with Crippen molar-refractivity contribution in [1.29, 1.82) is 0 Å². The van der Waals surface area contributed by atoms with Gasteiger partial charge in [-0.25, -0.2) is 4.79 Å². The Balaban J connectivity index is 0.00000169. The number of carbonyl (C=O) groups is 2. The van der Waals surface area contributed by atoms with Crippen LogP contribution in [0.2, 0.25) is 0 Å². The first-order chi connectivity index (χ1) is 6.15. The first kappa shape index (κ1) is 13.0. The number of amides is 2. The molecule has 0 radical (unpaired) electrons. The SMILES string of the molecule is COC(=O)C1CN(C(N)=O)CCN1.Cl. The smallest absolute Gasteiger partial charge is 0.324 e. The zero-order chi connectivity index (χ0) is 9.84. The first-order valence-corrected chi connectivity index (χ1v) is 4.00. The quantitative estimate of drug-likeness (QED) is 0.555. The molecule has 1 aliphatic rings. The lowest BCUT2D eigenvalue weighted by Crippen LogP contribution is -2.57. The summed E-state index contributed by atoms with van der Waals surface area (Å²) >= 11 is 0. The number of piperazine rings is 1. The van der Waals surface area contributed by atoms with E-state index in [0.717, 1.165) is 0 Å². The molecule has 82 valence electrons. The van der Waals surface area contributed by atoms with Gasteiger partial charge in [0.25, 0.3) is 0 Å². The van der Waals surface area contributed by atoms with Crippen LogP contribution in [0.4, 0.5) is 4.79 Å². The number of halogens is 1. The molecule has 0 bridgehead atoms. The van der Waals surface area contributed by atoms with Crippen LogP contribution in [-0.2, 0) is 9.53 Å². The molecular formula is C7H14ClN3O3. The topological polar surface area (TPSA) is 84.7 Å². The molecule has 1 rings (SSSR count). The standard InChI is InChI=1S/C7H13N3O3.ClH/c1-13-6(11)5-4-10(7(8)12)3-2-9-5;/h5,9H,2-4H2,1H3,(H2,8,12);1H. The molecule has 14 heavy (non-hydrogen) atoms. The van der Waals surface area contributed by atoms with E-state index in [1.54, 1.807) is 0 Å². The van der Waals surface area contributed by atoms with Gasteiger partial charge in [-0.05, 0) is 0 Å². The fourth-order valence-electron chi connectivity index (χ4n) is 1.25. The number of urea groups is 1. The van der Waals surface area contributed by atoms with Crippen molar-refractivity contribution in [2.24, 2.45) is 5.73 Å². The molecule has 0 aromatic heterocycles. The molecule has 1 fully saturated rings. The van der Waals surface area contributed by atoms with Gasteiger partial charge in [0.2, 0.25) is 0 Å². The zero-order valence-corrected chi connectivity index (χ0v) is 8.67. The van der Waals surface area contributed by atoms with Crippen LogP contribution in [0.15, 0.2) is 0 Å². The highest BCUT2D eigenvalue weighted by atomic mass is 35.5. The minimum Gasteiger partial charge on any atom is -0.468 e. The Morgan fingerprint density at radius 3 is 2.71 bits per heavy atom. The molecule has 1 aliphatic heterocycles. The Morgan fingerprint density at radius 1 is 1.57 bits per heavy atom. The molecule has 0 aliphatic carbocycles. The number of primary amides is 1. The predicted molar refractivity (Wildman–Crippen MR) is 52.2 cm³/mol. The number of hydrogen-bond donors (Lipinski definition) is 2. The number of nitrogens with one attached hydrogen (secondary N) is 1. The van der Waals surface area contributed by atoms with E-state index in [2.05, 4.69) is 10.1 Å². The summed E-state index contributed by atoms with van der Waals surface area (Å²) in [6.07, 6.45) is 0. The van der Waals surface area contributed by atoms with Gasteiger partial charge in [0.05, 0.1) is 7.11 Å². The average molecular weight is 224 g/mol. The van der Waals surface area contributed by atoms with E-state index in [-0.39, 0.29) is 24.9 Å². The number of ether oxygens (including phenoxy) is 1. The monoisotopic (exact) mass is 223 g/mol. The summed E-state index contributed by atoms with van der Waals surface area (Å²) in [6.45, 7) is 1.37. The lowest BCUT2D eigenvalue weighted by Gasteiger charge is -2.30. The summed E-state index contributed by atoms with van der Waals surface area (Å²) in [5.74, 6) is -0.369. The maximum absolute atomic E-state index is 11.1. The molecule has 1 heterocycles. The maximum atomic E-state index is 11.1. The van der Waals surface area contributed by atoms with Crippen LogP contribution in [0.3, 0.4) is 0 Å². The van der Waals surface area contributed by atoms with Gasteiger partial charge in [0.15, 0.2) is 0 Å². The van der Waals surface area contributed by atoms with Crippen molar-refractivity contribution in [3.63, 3.8) is 0 Å². The largest absolute Gasteiger partial charge is 0.468 e. The number of carbonyl (C=O) groups excluding carboxylic acids is 2. The van der Waals surface area contributed by atoms with E-state index in [1.165, 1.54) is 12.0 Å². The van der Waals surface area contributed by atoms with Gasteiger partial charge >= 0.3 is 12.0 Å². The van der Waals surface area contributed by atoms with Gasteiger partial charge in [-0.3, -0.25) is 4.79 Å². The molecule has 0 aromatic carbocycles. The molecule has 7 heteroatoms. The summed E-state index contributed by atoms with van der Waals surface area (Å²) in [7, 11) is 1.31. The molecule has 1 atom stereocenters. The van der Waals surface area contributed by atoms with Crippen LogP contribution in [0.5, 0.6) is 0 Å². The molecule has 0 spiro atoms. The highest BCUT2D eigenvalue weighted by molar-refractivity contribution is 5.85. The Morgan fingerprint density at radius 2 is 2.21 bits per heavy atom. The molecule has 2 amide bonds. The number of esters is 1. The van der Waals surface area contributed by atoms with Crippen molar-refractivity contribution < 1.29 is 14.3 Å². The summed E-state index contributed by atoms with van der Waals surface area (Å²) in [5.41, 5.74) is 5.08. The fraction of sp³-hybridized carbons (Fsp3) is 0.714. The van der Waals surface area contributed by atoms with E-state index in [0.29, 0.717) is 13.1 Å². The van der Waals surface area contributed by atoms with Crippen LogP contribution >= 0.6 is 12.4 Å². The van der Waals surface area contributed by atoms with E-state index in [1.807, 2.05) is 0 Å². The summed E-state index contributed by atoms with van der Waals surface area (Å²) < 4.78 is 4.54. The van der Waals surface area contributed by atoms with Crippen LogP contribution < -0.4 is 11.1 Å². The Kier molecular flexibility index (Phi) is 5.26. The average Bonchev–Trinajstić information content (AvgIpc) is 2.17. The van der Waals surface area contributed by atoms with Gasteiger partial charge in [-0.15, -0.1) is 12.4 Å². The Bertz CT molecular complexity index is 224. The Labute approximate surface area is 88.2 Å². The lowest BCUT2D eigenvalue weighted by atomic mass is 10.2. The van der Waals surface area contributed by atoms with Crippen LogP contribution in [0.1, 0.15) is 0 Å². The summed E-state index contributed by atoms with van der Waals surface area (Å²) in [5, 5.41) is 2.93. The number of methoxy groups -OCH3 is 1. The Hall–Kier alpha value is -1.01. The second-order valence-electron chi connectivity index (χ2n) is 2.81. The minimum absolute atomic E-state index is 0. The highest BCUT2D eigenvalue weighted by Gasteiger charge is 2.27. The van der Waals surface area contributed by atoms with E-state index in [4.69, 9.17) is 5.73 Å². The van der Waals surface area contributed by atoms with Gasteiger partial charge in [-0.2, -0.15) is 0 Å². The lowest BCUT2D eigenvalue weighted by molar-refractivity contribution is -0.143. The third-order valence-corrected chi connectivity index (χ3v) is 1.97. The second kappa shape index (κ2) is 5.66. The number of hydrogen-bond acceptors (Lipinski definition) is 4. The molecule has 0 saturated carbocycles. The highest BCUT2D eigenvalue weighted by Crippen LogP contribution is 1.99. The number of nitrogens with zero attached hydrogens (tertiary/aromatic N) is 1. The molecule has 6 nitrogen and oxygen atoms in total. The number of nitrogens with two attached hydrogens (primary N) is 1. The minimum atomic E-state index is -0.504. The van der Waals surface area contributed by atoms with Crippen LogP contribution in [0.25, 0.3) is 0 Å². The first-order valence-electron chi connectivity index (χ1n) is 4.00. The fourth-order valence-corrected chi connectivity index (χ4v) is 1.25. The predicted octanol–water partition coefficient (Wildman–Crippen LogP) is -1.07. The van der Waals surface area contributed by atoms with Crippen molar-refractivity contribution >= 4 is 24.4 Å². The van der Waals surface area contributed by atoms with E-state index in [9.17, 15) is 9.59 Å². The van der Waals surface area contributed by atoms with Crippen molar-refractivity contribution in [1.82, 2.24) is 10.2 Å². The van der Waals surface area contributed by atoms with Crippen molar-refractivity contribution in [3.05, 3.63) is 0 Å². The maximum Gasteiger partial charge on any atom is 0.324 e. The molecule has 1 unspecified atom stereocenters. The van der Waals surface area contributed by atoms with Crippen molar-refractivity contribution in [2.75, 3.05) is 26.7 Å². The van der Waals surface area contributed by atoms with Gasteiger partial charge in [0.1, 0.15) is 6.04 Å².